The summed E-state index contributed by atoms with van der Waals surface area (Å²) in [5.41, 5.74) is 0.254. The van der Waals surface area contributed by atoms with Crippen LogP contribution in [0, 0.1) is 5.92 Å². The zero-order chi connectivity index (χ0) is 10.9. The molecule has 2 heteroatoms. The molecule has 2 nitrogen and oxygen atoms in total. The summed E-state index contributed by atoms with van der Waals surface area (Å²) in [5, 5.41) is 10.7. The van der Waals surface area contributed by atoms with E-state index in [9.17, 15) is 5.11 Å². The number of rotatable bonds is 2. The van der Waals surface area contributed by atoms with Crippen LogP contribution in [0.3, 0.4) is 0 Å². The second-order valence-electron chi connectivity index (χ2n) is 4.42. The Bertz CT molecular complexity index is 348. The molecule has 0 saturated heterocycles. The molecule has 1 aromatic rings. The van der Waals surface area contributed by atoms with Crippen molar-refractivity contribution in [3.05, 3.63) is 29.8 Å². The van der Waals surface area contributed by atoms with E-state index in [2.05, 4.69) is 6.92 Å². The van der Waals surface area contributed by atoms with Gasteiger partial charge in [0.15, 0.2) is 0 Å². The molecule has 0 spiro atoms. The van der Waals surface area contributed by atoms with E-state index in [4.69, 9.17) is 4.74 Å². The van der Waals surface area contributed by atoms with Crippen LogP contribution in [0.25, 0.3) is 0 Å². The zero-order valence-corrected chi connectivity index (χ0v) is 9.36. The third-order valence-electron chi connectivity index (χ3n) is 3.58. The van der Waals surface area contributed by atoms with Gasteiger partial charge in [-0.2, -0.15) is 0 Å². The third-order valence-corrected chi connectivity index (χ3v) is 3.58. The van der Waals surface area contributed by atoms with Crippen molar-refractivity contribution in [3.8, 4) is 5.75 Å². The van der Waals surface area contributed by atoms with Gasteiger partial charge in [-0.25, -0.2) is 0 Å². The molecule has 2 atom stereocenters. The smallest absolute Gasteiger partial charge is 0.124 e. The standard InChI is InChI=1S/C13H18O2/c1-10-6-5-9-13(10,14)11-7-3-4-8-12(11)15-2/h3-4,7-8,10,14H,5-6,9H2,1-2H3. The highest BCUT2D eigenvalue weighted by atomic mass is 16.5. The Morgan fingerprint density at radius 2 is 2.13 bits per heavy atom. The molecule has 1 aliphatic carbocycles. The summed E-state index contributed by atoms with van der Waals surface area (Å²) in [6, 6.07) is 7.78. The van der Waals surface area contributed by atoms with Crippen LogP contribution < -0.4 is 4.74 Å². The summed E-state index contributed by atoms with van der Waals surface area (Å²) in [6.07, 6.45) is 3.03. The largest absolute Gasteiger partial charge is 0.496 e. The Kier molecular flexibility index (Phi) is 2.70. The summed E-state index contributed by atoms with van der Waals surface area (Å²) >= 11 is 0. The Morgan fingerprint density at radius 1 is 1.40 bits per heavy atom. The van der Waals surface area contributed by atoms with E-state index >= 15 is 0 Å². The molecule has 1 fully saturated rings. The molecule has 2 unspecified atom stereocenters. The van der Waals surface area contributed by atoms with Gasteiger partial charge in [0.2, 0.25) is 0 Å². The molecule has 0 aliphatic heterocycles. The molecule has 1 aromatic carbocycles. The number of aliphatic hydroxyl groups is 1. The van der Waals surface area contributed by atoms with Crippen molar-refractivity contribution >= 4 is 0 Å². The zero-order valence-electron chi connectivity index (χ0n) is 9.36. The lowest BCUT2D eigenvalue weighted by molar-refractivity contribution is 0.00242. The first kappa shape index (κ1) is 10.5. The fourth-order valence-electron chi connectivity index (χ4n) is 2.57. The number of hydrogen-bond donors (Lipinski definition) is 1. The number of ether oxygens (including phenoxy) is 1. The van der Waals surface area contributed by atoms with Crippen molar-refractivity contribution in [2.24, 2.45) is 5.92 Å². The second kappa shape index (κ2) is 3.86. The Hall–Kier alpha value is -1.02. The van der Waals surface area contributed by atoms with E-state index in [1.54, 1.807) is 7.11 Å². The van der Waals surface area contributed by atoms with Gasteiger partial charge < -0.3 is 9.84 Å². The Morgan fingerprint density at radius 3 is 2.73 bits per heavy atom. The van der Waals surface area contributed by atoms with Gasteiger partial charge in [0, 0.05) is 5.56 Å². The molecule has 1 aliphatic rings. The van der Waals surface area contributed by atoms with Crippen molar-refractivity contribution in [1.29, 1.82) is 0 Å². The van der Waals surface area contributed by atoms with E-state index in [0.29, 0.717) is 5.92 Å². The van der Waals surface area contributed by atoms with Gasteiger partial charge in [0.1, 0.15) is 5.75 Å². The van der Waals surface area contributed by atoms with Crippen LogP contribution in [0.2, 0.25) is 0 Å². The average Bonchev–Trinajstić information content (AvgIpc) is 2.60. The highest BCUT2D eigenvalue weighted by molar-refractivity contribution is 5.38. The van der Waals surface area contributed by atoms with E-state index in [0.717, 1.165) is 30.6 Å². The predicted molar refractivity (Wildman–Crippen MR) is 59.9 cm³/mol. The highest BCUT2D eigenvalue weighted by Gasteiger charge is 2.41. The van der Waals surface area contributed by atoms with Gasteiger partial charge in [0.25, 0.3) is 0 Å². The van der Waals surface area contributed by atoms with Crippen LogP contribution in [0.5, 0.6) is 5.75 Å². The van der Waals surface area contributed by atoms with Gasteiger partial charge in [-0.05, 0) is 31.2 Å². The van der Waals surface area contributed by atoms with Crippen molar-refractivity contribution in [2.75, 3.05) is 7.11 Å². The molecule has 82 valence electrons. The quantitative estimate of drug-likeness (QED) is 0.806. The van der Waals surface area contributed by atoms with Crippen LogP contribution >= 0.6 is 0 Å². The van der Waals surface area contributed by atoms with Gasteiger partial charge in [-0.3, -0.25) is 0 Å². The summed E-state index contributed by atoms with van der Waals surface area (Å²) in [4.78, 5) is 0. The maximum Gasteiger partial charge on any atom is 0.124 e. The van der Waals surface area contributed by atoms with Crippen molar-refractivity contribution in [1.82, 2.24) is 0 Å². The molecule has 0 radical (unpaired) electrons. The van der Waals surface area contributed by atoms with Gasteiger partial charge in [-0.15, -0.1) is 0 Å². The van der Waals surface area contributed by atoms with Gasteiger partial charge >= 0.3 is 0 Å². The number of methoxy groups -OCH3 is 1. The van der Waals surface area contributed by atoms with Crippen molar-refractivity contribution in [2.45, 2.75) is 31.8 Å². The lowest BCUT2D eigenvalue weighted by atomic mass is 9.84. The van der Waals surface area contributed by atoms with Crippen molar-refractivity contribution < 1.29 is 9.84 Å². The summed E-state index contributed by atoms with van der Waals surface area (Å²) in [6.45, 7) is 2.11. The van der Waals surface area contributed by atoms with E-state index in [1.807, 2.05) is 24.3 Å². The van der Waals surface area contributed by atoms with Crippen LogP contribution in [0.4, 0.5) is 0 Å². The Labute approximate surface area is 90.9 Å². The lowest BCUT2D eigenvalue weighted by Gasteiger charge is -2.29. The molecule has 1 N–H and O–H groups in total. The van der Waals surface area contributed by atoms with Crippen LogP contribution in [-0.4, -0.2) is 12.2 Å². The first-order valence-electron chi connectivity index (χ1n) is 5.54. The fourth-order valence-corrected chi connectivity index (χ4v) is 2.57. The molecular weight excluding hydrogens is 188 g/mol. The molecule has 0 bridgehead atoms. The topological polar surface area (TPSA) is 29.5 Å². The predicted octanol–water partition coefficient (Wildman–Crippen LogP) is 2.70. The molecule has 0 aromatic heterocycles. The minimum absolute atomic E-state index is 0.314. The number of para-hydroxylation sites is 1. The Balaban J connectivity index is 2.43. The first-order chi connectivity index (χ1) is 7.18. The monoisotopic (exact) mass is 206 g/mol. The maximum atomic E-state index is 10.7. The molecule has 0 amide bonds. The maximum absolute atomic E-state index is 10.7. The normalized spacial score (nSPS) is 30.5. The second-order valence-corrected chi connectivity index (χ2v) is 4.42. The van der Waals surface area contributed by atoms with E-state index in [1.165, 1.54) is 0 Å². The lowest BCUT2D eigenvalue weighted by Crippen LogP contribution is -2.28. The average molecular weight is 206 g/mol. The molecule has 1 saturated carbocycles. The number of hydrogen-bond acceptors (Lipinski definition) is 2. The fraction of sp³-hybridized carbons (Fsp3) is 0.538. The molecule has 2 rings (SSSR count). The molecule has 15 heavy (non-hydrogen) atoms. The van der Waals surface area contributed by atoms with Gasteiger partial charge in [-0.1, -0.05) is 25.1 Å². The summed E-state index contributed by atoms with van der Waals surface area (Å²) in [5.74, 6) is 1.11. The highest BCUT2D eigenvalue weighted by Crippen LogP contribution is 2.46. The van der Waals surface area contributed by atoms with E-state index < -0.39 is 5.60 Å². The van der Waals surface area contributed by atoms with Crippen LogP contribution in [0.15, 0.2) is 24.3 Å². The SMILES string of the molecule is COc1ccccc1C1(O)CCCC1C. The first-order valence-corrected chi connectivity index (χ1v) is 5.54. The number of benzene rings is 1. The van der Waals surface area contributed by atoms with E-state index in [-0.39, 0.29) is 0 Å². The minimum atomic E-state index is -0.688. The van der Waals surface area contributed by atoms with Crippen LogP contribution in [0.1, 0.15) is 31.7 Å². The van der Waals surface area contributed by atoms with Crippen LogP contribution in [-0.2, 0) is 5.60 Å². The third kappa shape index (κ3) is 1.63. The van der Waals surface area contributed by atoms with Crippen molar-refractivity contribution in [3.63, 3.8) is 0 Å². The minimum Gasteiger partial charge on any atom is -0.496 e. The molecular formula is C13H18O2. The molecule has 0 heterocycles. The summed E-state index contributed by atoms with van der Waals surface area (Å²) < 4.78 is 5.31. The van der Waals surface area contributed by atoms with Gasteiger partial charge in [0.05, 0.1) is 12.7 Å². The summed E-state index contributed by atoms with van der Waals surface area (Å²) in [7, 11) is 1.65.